The average Bonchev–Trinajstić information content (AvgIpc) is 2.50. The van der Waals surface area contributed by atoms with E-state index in [2.05, 4.69) is 42.7 Å². The van der Waals surface area contributed by atoms with E-state index >= 15 is 0 Å². The molecule has 1 unspecified atom stereocenters. The largest absolute Gasteiger partial charge is 0.494 e. The number of rotatable bonds is 5. The highest BCUT2D eigenvalue weighted by Crippen LogP contribution is 2.18. The van der Waals surface area contributed by atoms with Gasteiger partial charge in [0.05, 0.1) is 12.6 Å². The fourth-order valence-electron chi connectivity index (χ4n) is 2.17. The summed E-state index contributed by atoms with van der Waals surface area (Å²) in [5.74, 6) is 0.888. The lowest BCUT2D eigenvalue weighted by Crippen LogP contribution is -2.31. The molecule has 0 aliphatic carbocycles. The van der Waals surface area contributed by atoms with Crippen LogP contribution in [-0.2, 0) is 0 Å². The molecule has 0 amide bonds. The van der Waals surface area contributed by atoms with Gasteiger partial charge in [0.25, 0.3) is 0 Å². The summed E-state index contributed by atoms with van der Waals surface area (Å²) in [7, 11) is 0. The van der Waals surface area contributed by atoms with Crippen molar-refractivity contribution in [3.63, 3.8) is 0 Å². The summed E-state index contributed by atoms with van der Waals surface area (Å²) in [5.41, 5.74) is 3.36. The lowest BCUT2D eigenvalue weighted by atomic mass is 10.1. The summed E-state index contributed by atoms with van der Waals surface area (Å²) in [6.45, 7) is 6.80. The number of benzene rings is 2. The van der Waals surface area contributed by atoms with E-state index in [0.717, 1.165) is 17.0 Å². The van der Waals surface area contributed by atoms with E-state index in [1.54, 1.807) is 0 Å². The minimum atomic E-state index is 0.125. The molecule has 0 radical (unpaired) electrons. The third kappa shape index (κ3) is 4.46. The summed E-state index contributed by atoms with van der Waals surface area (Å²) in [5, 5.41) is 7.16. The van der Waals surface area contributed by atoms with E-state index in [9.17, 15) is 0 Å². The Bertz CT molecular complexity index is 625. The second-order valence-corrected chi connectivity index (χ2v) is 5.55. The summed E-state index contributed by atoms with van der Waals surface area (Å²) in [4.78, 5) is 0. The van der Waals surface area contributed by atoms with Crippen LogP contribution in [0, 0.1) is 6.92 Å². The fraction of sp³-hybridized carbons (Fsp3) is 0.278. The number of hydrogen-bond acceptors (Lipinski definition) is 2. The Labute approximate surface area is 137 Å². The van der Waals surface area contributed by atoms with Gasteiger partial charge in [0.2, 0.25) is 0 Å². The molecule has 2 aromatic rings. The van der Waals surface area contributed by atoms with Crippen molar-refractivity contribution in [2.45, 2.75) is 26.8 Å². The molecule has 2 aromatic carbocycles. The van der Waals surface area contributed by atoms with Crippen LogP contribution >= 0.6 is 12.2 Å². The number of thiocarbonyl (C=S) groups is 1. The first-order valence-electron chi connectivity index (χ1n) is 7.46. The van der Waals surface area contributed by atoms with E-state index in [0.29, 0.717) is 11.7 Å². The molecule has 0 spiro atoms. The molecule has 0 saturated carbocycles. The zero-order valence-electron chi connectivity index (χ0n) is 13.2. The maximum Gasteiger partial charge on any atom is 0.171 e. The van der Waals surface area contributed by atoms with Crippen molar-refractivity contribution in [2.75, 3.05) is 11.9 Å². The summed E-state index contributed by atoms with van der Waals surface area (Å²) in [6.07, 6.45) is 0. The van der Waals surface area contributed by atoms with Crippen LogP contribution < -0.4 is 15.4 Å². The van der Waals surface area contributed by atoms with Crippen molar-refractivity contribution in [1.29, 1.82) is 0 Å². The Morgan fingerprint density at radius 3 is 2.45 bits per heavy atom. The molecular weight excluding hydrogens is 292 g/mol. The molecule has 4 heteroatoms. The van der Waals surface area contributed by atoms with E-state index < -0.39 is 0 Å². The normalized spacial score (nSPS) is 11.6. The van der Waals surface area contributed by atoms with Gasteiger partial charge in [-0.3, -0.25) is 0 Å². The number of hydrogen-bond donors (Lipinski definition) is 2. The van der Waals surface area contributed by atoms with Gasteiger partial charge in [0, 0.05) is 5.69 Å². The molecule has 116 valence electrons. The van der Waals surface area contributed by atoms with Gasteiger partial charge in [-0.05, 0) is 62.3 Å². The number of anilines is 1. The Morgan fingerprint density at radius 2 is 1.82 bits per heavy atom. The van der Waals surface area contributed by atoms with Crippen LogP contribution in [0.2, 0.25) is 0 Å². The first-order chi connectivity index (χ1) is 10.6. The van der Waals surface area contributed by atoms with E-state index in [-0.39, 0.29) is 6.04 Å². The monoisotopic (exact) mass is 314 g/mol. The average molecular weight is 314 g/mol. The summed E-state index contributed by atoms with van der Waals surface area (Å²) < 4.78 is 5.46. The predicted octanol–water partition coefficient (Wildman–Crippen LogP) is 4.44. The van der Waals surface area contributed by atoms with Crippen LogP contribution in [-0.4, -0.2) is 11.7 Å². The smallest absolute Gasteiger partial charge is 0.171 e. The number of para-hydroxylation sites is 1. The van der Waals surface area contributed by atoms with E-state index in [4.69, 9.17) is 17.0 Å². The highest BCUT2D eigenvalue weighted by molar-refractivity contribution is 7.80. The van der Waals surface area contributed by atoms with Gasteiger partial charge in [-0.1, -0.05) is 30.3 Å². The second kappa shape index (κ2) is 7.80. The van der Waals surface area contributed by atoms with Crippen LogP contribution in [0.4, 0.5) is 5.69 Å². The van der Waals surface area contributed by atoms with Gasteiger partial charge < -0.3 is 15.4 Å². The van der Waals surface area contributed by atoms with Crippen molar-refractivity contribution in [1.82, 2.24) is 5.32 Å². The first kappa shape index (κ1) is 16.3. The molecule has 3 nitrogen and oxygen atoms in total. The highest BCUT2D eigenvalue weighted by Gasteiger charge is 2.08. The van der Waals surface area contributed by atoms with Crippen molar-refractivity contribution in [3.8, 4) is 5.75 Å². The lowest BCUT2D eigenvalue weighted by Gasteiger charge is -2.18. The van der Waals surface area contributed by atoms with Crippen molar-refractivity contribution in [3.05, 3.63) is 59.7 Å². The van der Waals surface area contributed by atoms with Crippen molar-refractivity contribution < 1.29 is 4.74 Å². The van der Waals surface area contributed by atoms with E-state index in [1.165, 1.54) is 5.56 Å². The topological polar surface area (TPSA) is 33.3 Å². The Morgan fingerprint density at radius 1 is 1.14 bits per heavy atom. The molecule has 0 aliphatic heterocycles. The van der Waals surface area contributed by atoms with Crippen LogP contribution in [0.3, 0.4) is 0 Å². The molecule has 0 saturated heterocycles. The number of ether oxygens (including phenoxy) is 1. The molecule has 0 aliphatic rings. The standard InChI is InChI=1S/C18H22N2OS/c1-4-21-16-11-9-15(10-12-16)14(3)19-18(22)20-17-8-6-5-7-13(17)2/h5-12,14H,4H2,1-3H3,(H2,19,20,22). The molecule has 0 heterocycles. The Kier molecular flexibility index (Phi) is 5.78. The first-order valence-corrected chi connectivity index (χ1v) is 7.87. The van der Waals surface area contributed by atoms with Gasteiger partial charge in [-0.2, -0.15) is 0 Å². The van der Waals surface area contributed by atoms with Crippen molar-refractivity contribution in [2.24, 2.45) is 0 Å². The van der Waals surface area contributed by atoms with Crippen LogP contribution in [0.1, 0.15) is 31.0 Å². The molecule has 0 aromatic heterocycles. The number of aryl methyl sites for hydroxylation is 1. The number of nitrogens with one attached hydrogen (secondary N) is 2. The molecular formula is C18H22N2OS. The van der Waals surface area contributed by atoms with Gasteiger partial charge in [0.15, 0.2) is 5.11 Å². The third-order valence-corrected chi connectivity index (χ3v) is 3.65. The summed E-state index contributed by atoms with van der Waals surface area (Å²) >= 11 is 5.39. The zero-order chi connectivity index (χ0) is 15.9. The predicted molar refractivity (Wildman–Crippen MR) is 96.6 cm³/mol. The highest BCUT2D eigenvalue weighted by atomic mass is 32.1. The van der Waals surface area contributed by atoms with Crippen molar-refractivity contribution >= 4 is 23.0 Å². The van der Waals surface area contributed by atoms with Gasteiger partial charge >= 0.3 is 0 Å². The van der Waals surface area contributed by atoms with Gasteiger partial charge in [-0.25, -0.2) is 0 Å². The molecule has 2 rings (SSSR count). The maximum atomic E-state index is 5.46. The fourth-order valence-corrected chi connectivity index (χ4v) is 2.46. The Balaban J connectivity index is 1.94. The molecule has 1 atom stereocenters. The SMILES string of the molecule is CCOc1ccc(C(C)NC(=S)Nc2ccccc2C)cc1. The van der Waals surface area contributed by atoms with Crippen LogP contribution in [0.5, 0.6) is 5.75 Å². The maximum absolute atomic E-state index is 5.46. The molecule has 0 fully saturated rings. The van der Waals surface area contributed by atoms with Gasteiger partial charge in [-0.15, -0.1) is 0 Å². The minimum Gasteiger partial charge on any atom is -0.494 e. The third-order valence-electron chi connectivity index (χ3n) is 3.43. The lowest BCUT2D eigenvalue weighted by molar-refractivity contribution is 0.340. The van der Waals surface area contributed by atoms with E-state index in [1.807, 2.05) is 37.3 Å². The minimum absolute atomic E-state index is 0.125. The Hall–Kier alpha value is -2.07. The van der Waals surface area contributed by atoms with Gasteiger partial charge in [0.1, 0.15) is 5.75 Å². The molecule has 22 heavy (non-hydrogen) atoms. The zero-order valence-corrected chi connectivity index (χ0v) is 14.0. The summed E-state index contributed by atoms with van der Waals surface area (Å²) in [6, 6.07) is 16.3. The van der Waals surface area contributed by atoms with Crippen LogP contribution in [0.25, 0.3) is 0 Å². The van der Waals surface area contributed by atoms with Crippen LogP contribution in [0.15, 0.2) is 48.5 Å². The second-order valence-electron chi connectivity index (χ2n) is 5.14. The molecule has 2 N–H and O–H groups in total. The quantitative estimate of drug-likeness (QED) is 0.799. The molecule has 0 bridgehead atoms.